The quantitative estimate of drug-likeness (QED) is 0.697. The molecule has 2 N–H and O–H groups in total. The molecule has 3 atom stereocenters. The van der Waals surface area contributed by atoms with Crippen LogP contribution in [0.4, 0.5) is 0 Å². The van der Waals surface area contributed by atoms with Gasteiger partial charge in [0.2, 0.25) is 5.91 Å². The minimum Gasteiger partial charge on any atom is -0.508 e. The average molecular weight is 446 g/mol. The number of phenols is 1. The van der Waals surface area contributed by atoms with E-state index >= 15 is 0 Å². The number of ether oxygens (including phenoxy) is 1. The summed E-state index contributed by atoms with van der Waals surface area (Å²) < 4.78 is 8.03. The van der Waals surface area contributed by atoms with Gasteiger partial charge in [-0.2, -0.15) is 0 Å². The van der Waals surface area contributed by atoms with E-state index in [0.29, 0.717) is 45.6 Å². The molecular formula is C23H35N5O4. The molecule has 1 aromatic carbocycles. The second-order valence-corrected chi connectivity index (χ2v) is 8.85. The number of nitrogens with zero attached hydrogens (tertiary/aromatic N) is 5. The SMILES string of the molecule is C[C@H](CO)N1C[C@H](C)[C@H](CN(C)Cc2cccc(O)c2)OCc2cn(nn2)CCCC1=O. The number of aromatic nitrogens is 3. The maximum atomic E-state index is 12.9. The van der Waals surface area contributed by atoms with Crippen LogP contribution in [0.3, 0.4) is 0 Å². The molecule has 2 bridgehead atoms. The lowest BCUT2D eigenvalue weighted by atomic mass is 10.0. The van der Waals surface area contributed by atoms with Gasteiger partial charge < -0.3 is 19.8 Å². The monoisotopic (exact) mass is 445 g/mol. The number of aryl methyl sites for hydroxylation is 1. The van der Waals surface area contributed by atoms with Crippen molar-refractivity contribution in [3.05, 3.63) is 41.7 Å². The summed E-state index contributed by atoms with van der Waals surface area (Å²) in [5, 5.41) is 27.8. The van der Waals surface area contributed by atoms with E-state index in [-0.39, 0.29) is 36.3 Å². The van der Waals surface area contributed by atoms with E-state index in [2.05, 4.69) is 22.1 Å². The summed E-state index contributed by atoms with van der Waals surface area (Å²) in [6, 6.07) is 6.97. The van der Waals surface area contributed by atoms with Crippen LogP contribution in [0.5, 0.6) is 5.75 Å². The van der Waals surface area contributed by atoms with Crippen LogP contribution < -0.4 is 0 Å². The summed E-state index contributed by atoms with van der Waals surface area (Å²) in [6.45, 7) is 6.64. The maximum Gasteiger partial charge on any atom is 0.222 e. The fraction of sp³-hybridized carbons (Fsp3) is 0.609. The van der Waals surface area contributed by atoms with Crippen molar-refractivity contribution in [2.75, 3.05) is 26.7 Å². The first-order valence-corrected chi connectivity index (χ1v) is 11.2. The number of likely N-dealkylation sites (N-methyl/N-ethyl adjacent to an activating group) is 1. The van der Waals surface area contributed by atoms with Crippen LogP contribution in [0.1, 0.15) is 37.9 Å². The molecule has 32 heavy (non-hydrogen) atoms. The highest BCUT2D eigenvalue weighted by Crippen LogP contribution is 2.19. The van der Waals surface area contributed by atoms with Crippen LogP contribution in [0.15, 0.2) is 30.5 Å². The summed E-state index contributed by atoms with van der Waals surface area (Å²) >= 11 is 0. The Bertz CT molecular complexity index is 874. The van der Waals surface area contributed by atoms with Gasteiger partial charge in [0.25, 0.3) is 0 Å². The van der Waals surface area contributed by atoms with E-state index < -0.39 is 0 Å². The number of hydrogen-bond acceptors (Lipinski definition) is 7. The molecule has 9 heteroatoms. The molecule has 0 fully saturated rings. The first kappa shape index (κ1) is 24.2. The number of phenolic OH excluding ortho intramolecular Hbond substituents is 1. The summed E-state index contributed by atoms with van der Waals surface area (Å²) in [5.74, 6) is 0.318. The Labute approximate surface area is 189 Å². The molecule has 9 nitrogen and oxygen atoms in total. The highest BCUT2D eigenvalue weighted by Gasteiger charge is 2.28. The van der Waals surface area contributed by atoms with Crippen molar-refractivity contribution in [3.8, 4) is 5.75 Å². The molecule has 3 rings (SSSR count). The van der Waals surface area contributed by atoms with Crippen LogP contribution in [0.25, 0.3) is 0 Å². The van der Waals surface area contributed by atoms with Crippen molar-refractivity contribution in [2.24, 2.45) is 5.92 Å². The van der Waals surface area contributed by atoms with Gasteiger partial charge in [0.1, 0.15) is 11.4 Å². The Kier molecular flexibility index (Phi) is 8.60. The van der Waals surface area contributed by atoms with E-state index in [1.165, 1.54) is 0 Å². The lowest BCUT2D eigenvalue weighted by molar-refractivity contribution is -0.136. The van der Waals surface area contributed by atoms with Gasteiger partial charge in [0.05, 0.1) is 31.6 Å². The summed E-state index contributed by atoms with van der Waals surface area (Å²) in [7, 11) is 2.01. The van der Waals surface area contributed by atoms with Crippen LogP contribution in [-0.2, 0) is 29.2 Å². The molecule has 0 aliphatic carbocycles. The van der Waals surface area contributed by atoms with Crippen molar-refractivity contribution >= 4 is 5.91 Å². The van der Waals surface area contributed by atoms with E-state index in [1.807, 2.05) is 32.3 Å². The van der Waals surface area contributed by atoms with Crippen molar-refractivity contribution < 1.29 is 19.7 Å². The molecule has 176 valence electrons. The predicted octanol–water partition coefficient (Wildman–Crippen LogP) is 1.64. The third-order valence-corrected chi connectivity index (χ3v) is 5.90. The fourth-order valence-corrected chi connectivity index (χ4v) is 4.03. The molecule has 0 spiro atoms. The Morgan fingerprint density at radius 1 is 1.38 bits per heavy atom. The van der Waals surface area contributed by atoms with Gasteiger partial charge in [0, 0.05) is 38.5 Å². The largest absolute Gasteiger partial charge is 0.508 e. The zero-order chi connectivity index (χ0) is 23.1. The second kappa shape index (κ2) is 11.4. The van der Waals surface area contributed by atoms with Crippen LogP contribution in [0, 0.1) is 5.92 Å². The Balaban J connectivity index is 1.76. The van der Waals surface area contributed by atoms with Crippen LogP contribution >= 0.6 is 0 Å². The first-order chi connectivity index (χ1) is 15.4. The van der Waals surface area contributed by atoms with Crippen molar-refractivity contribution in [1.82, 2.24) is 24.8 Å². The highest BCUT2D eigenvalue weighted by atomic mass is 16.5. The van der Waals surface area contributed by atoms with Crippen molar-refractivity contribution in [3.63, 3.8) is 0 Å². The van der Waals surface area contributed by atoms with E-state index in [0.717, 1.165) is 11.3 Å². The standard InChI is InChI=1S/C23H35N5O4/c1-17-11-28(18(2)15-29)23(31)8-5-9-27-13-20(24-25-27)16-32-22(17)14-26(3)12-19-6-4-7-21(30)10-19/h4,6-7,10,13,17-18,22,29-30H,5,8-9,11-12,14-16H2,1-3H3/t17-,18+,22-/m0/s1. The third-order valence-electron chi connectivity index (χ3n) is 5.90. The number of aliphatic hydroxyl groups is 1. The molecule has 0 radical (unpaired) electrons. The van der Waals surface area contributed by atoms with Crippen molar-refractivity contribution in [1.29, 1.82) is 0 Å². The number of aliphatic hydroxyl groups excluding tert-OH is 1. The number of carbonyl (C=O) groups excluding carboxylic acids is 1. The lowest BCUT2D eigenvalue weighted by Gasteiger charge is -2.35. The fourth-order valence-electron chi connectivity index (χ4n) is 4.03. The maximum absolute atomic E-state index is 12.9. The van der Waals surface area contributed by atoms with Gasteiger partial charge >= 0.3 is 0 Å². The number of hydrogen-bond donors (Lipinski definition) is 2. The summed E-state index contributed by atoms with van der Waals surface area (Å²) in [4.78, 5) is 16.8. The molecule has 0 saturated carbocycles. The molecule has 0 saturated heterocycles. The molecule has 1 aliphatic heterocycles. The van der Waals surface area contributed by atoms with Gasteiger partial charge in [-0.3, -0.25) is 14.4 Å². The molecule has 0 unspecified atom stereocenters. The zero-order valence-electron chi connectivity index (χ0n) is 19.2. The van der Waals surface area contributed by atoms with E-state index in [9.17, 15) is 15.0 Å². The Hall–Kier alpha value is -2.49. The highest BCUT2D eigenvalue weighted by molar-refractivity contribution is 5.76. The molecule has 2 heterocycles. The van der Waals surface area contributed by atoms with E-state index in [4.69, 9.17) is 4.74 Å². The number of fused-ring (bicyclic) bond motifs is 2. The molecule has 1 aromatic heterocycles. The minimum absolute atomic E-state index is 0.0323. The smallest absolute Gasteiger partial charge is 0.222 e. The number of amides is 1. The number of aromatic hydroxyl groups is 1. The van der Waals surface area contributed by atoms with Crippen LogP contribution in [-0.4, -0.2) is 79.8 Å². The van der Waals surface area contributed by atoms with Gasteiger partial charge in [0.15, 0.2) is 0 Å². The molecular weight excluding hydrogens is 410 g/mol. The molecule has 2 aromatic rings. The Morgan fingerprint density at radius 2 is 2.19 bits per heavy atom. The lowest BCUT2D eigenvalue weighted by Crippen LogP contribution is -2.47. The number of rotatable bonds is 6. The normalized spacial score (nSPS) is 21.7. The summed E-state index contributed by atoms with van der Waals surface area (Å²) in [6.07, 6.45) is 2.77. The Morgan fingerprint density at radius 3 is 2.94 bits per heavy atom. The number of carbonyl (C=O) groups is 1. The van der Waals surface area contributed by atoms with Gasteiger partial charge in [-0.15, -0.1) is 5.10 Å². The molecule has 1 amide bonds. The van der Waals surface area contributed by atoms with E-state index in [1.54, 1.807) is 21.7 Å². The van der Waals surface area contributed by atoms with Gasteiger partial charge in [-0.25, -0.2) is 0 Å². The predicted molar refractivity (Wildman–Crippen MR) is 120 cm³/mol. The topological polar surface area (TPSA) is 104 Å². The van der Waals surface area contributed by atoms with Crippen LogP contribution in [0.2, 0.25) is 0 Å². The van der Waals surface area contributed by atoms with Crippen molar-refractivity contribution in [2.45, 2.75) is 58.5 Å². The van der Waals surface area contributed by atoms with Gasteiger partial charge in [-0.05, 0) is 38.1 Å². The number of benzene rings is 1. The zero-order valence-corrected chi connectivity index (χ0v) is 19.2. The third kappa shape index (κ3) is 6.75. The molecule has 1 aliphatic rings. The second-order valence-electron chi connectivity index (χ2n) is 8.85. The average Bonchev–Trinajstić information content (AvgIpc) is 3.21. The minimum atomic E-state index is -0.252. The van der Waals surface area contributed by atoms with Gasteiger partial charge in [-0.1, -0.05) is 24.3 Å². The first-order valence-electron chi connectivity index (χ1n) is 11.2. The summed E-state index contributed by atoms with van der Waals surface area (Å²) in [5.41, 5.74) is 1.78.